The minimum atomic E-state index is -0.190. The lowest BCUT2D eigenvalue weighted by Crippen LogP contribution is -2.37. The molecular weight excluding hydrogens is 335 g/mol. The van der Waals surface area contributed by atoms with Crippen molar-refractivity contribution in [1.29, 1.82) is 0 Å². The Kier molecular flexibility index (Phi) is 8.42. The number of para-hydroxylation sites is 1. The molecule has 128 valence electrons. The Bertz CT molecular complexity index is 523. The van der Waals surface area contributed by atoms with Crippen molar-refractivity contribution < 1.29 is 9.59 Å². The lowest BCUT2D eigenvalue weighted by molar-refractivity contribution is -0.131. The highest BCUT2D eigenvalue weighted by Gasteiger charge is 2.20. The summed E-state index contributed by atoms with van der Waals surface area (Å²) in [6, 6.07) is 5.09. The molecule has 1 aromatic carbocycles. The Balaban J connectivity index is 2.85. The van der Waals surface area contributed by atoms with Crippen LogP contribution in [0.2, 0.25) is 10.0 Å². The monoisotopic (exact) mass is 358 g/mol. The fraction of sp³-hybridized carbons (Fsp3) is 0.529. The van der Waals surface area contributed by atoms with Crippen LogP contribution < -0.4 is 4.90 Å². The zero-order valence-corrected chi connectivity index (χ0v) is 15.5. The molecule has 0 saturated heterocycles. The SMILES string of the molecule is CCCN(CCC)C(=O)CCN(C(C)=O)c1c(Cl)cccc1Cl. The van der Waals surface area contributed by atoms with E-state index in [0.29, 0.717) is 15.7 Å². The van der Waals surface area contributed by atoms with Gasteiger partial charge in [0.15, 0.2) is 0 Å². The first-order valence-electron chi connectivity index (χ1n) is 7.92. The quantitative estimate of drug-likeness (QED) is 0.691. The van der Waals surface area contributed by atoms with Crippen LogP contribution in [0.15, 0.2) is 18.2 Å². The summed E-state index contributed by atoms with van der Waals surface area (Å²) >= 11 is 12.3. The molecule has 0 bridgehead atoms. The summed E-state index contributed by atoms with van der Waals surface area (Å²) in [4.78, 5) is 27.7. The first-order valence-corrected chi connectivity index (χ1v) is 8.67. The number of anilines is 1. The summed E-state index contributed by atoms with van der Waals surface area (Å²) in [5.41, 5.74) is 0.466. The molecule has 0 atom stereocenters. The van der Waals surface area contributed by atoms with Gasteiger partial charge in [-0.15, -0.1) is 0 Å². The molecule has 0 N–H and O–H groups in total. The smallest absolute Gasteiger partial charge is 0.224 e. The average Bonchev–Trinajstić information content (AvgIpc) is 2.49. The molecule has 0 heterocycles. The van der Waals surface area contributed by atoms with Crippen LogP contribution in [0.5, 0.6) is 0 Å². The first-order chi connectivity index (χ1) is 10.9. The van der Waals surface area contributed by atoms with Crippen LogP contribution in [0, 0.1) is 0 Å². The fourth-order valence-corrected chi connectivity index (χ4v) is 3.04. The van der Waals surface area contributed by atoms with Gasteiger partial charge in [0.1, 0.15) is 0 Å². The van der Waals surface area contributed by atoms with Crippen molar-refractivity contribution >= 4 is 40.7 Å². The molecule has 0 aliphatic rings. The molecule has 0 aliphatic heterocycles. The molecule has 4 nitrogen and oxygen atoms in total. The van der Waals surface area contributed by atoms with E-state index < -0.39 is 0 Å². The second kappa shape index (κ2) is 9.78. The van der Waals surface area contributed by atoms with Crippen molar-refractivity contribution in [3.8, 4) is 0 Å². The molecule has 1 rings (SSSR count). The normalized spacial score (nSPS) is 10.5. The van der Waals surface area contributed by atoms with Crippen molar-refractivity contribution in [2.24, 2.45) is 0 Å². The molecule has 0 saturated carbocycles. The van der Waals surface area contributed by atoms with Crippen LogP contribution in [0.25, 0.3) is 0 Å². The van der Waals surface area contributed by atoms with E-state index in [0.717, 1.165) is 25.9 Å². The molecule has 0 aromatic heterocycles. The summed E-state index contributed by atoms with van der Waals surface area (Å²) in [5, 5.41) is 0.804. The van der Waals surface area contributed by atoms with Gasteiger partial charge in [0, 0.05) is 33.0 Å². The number of rotatable bonds is 8. The summed E-state index contributed by atoms with van der Waals surface area (Å²) < 4.78 is 0. The predicted molar refractivity (Wildman–Crippen MR) is 96.3 cm³/mol. The van der Waals surface area contributed by atoms with Gasteiger partial charge < -0.3 is 9.80 Å². The number of carbonyl (C=O) groups is 2. The van der Waals surface area contributed by atoms with Crippen LogP contribution in [0.3, 0.4) is 0 Å². The van der Waals surface area contributed by atoms with Crippen molar-refractivity contribution in [2.45, 2.75) is 40.0 Å². The molecule has 0 fully saturated rings. The second-order valence-electron chi connectivity index (χ2n) is 5.37. The molecular formula is C17H24Cl2N2O2. The Morgan fingerprint density at radius 2 is 1.52 bits per heavy atom. The van der Waals surface area contributed by atoms with E-state index in [1.807, 2.05) is 18.7 Å². The largest absolute Gasteiger partial charge is 0.343 e. The average molecular weight is 359 g/mol. The minimum absolute atomic E-state index is 0.0446. The van der Waals surface area contributed by atoms with Gasteiger partial charge in [-0.2, -0.15) is 0 Å². The summed E-state index contributed by atoms with van der Waals surface area (Å²) in [6.45, 7) is 7.27. The third-order valence-electron chi connectivity index (χ3n) is 3.48. The van der Waals surface area contributed by atoms with E-state index in [1.165, 1.54) is 11.8 Å². The number of hydrogen-bond donors (Lipinski definition) is 0. The van der Waals surface area contributed by atoms with E-state index >= 15 is 0 Å². The highest BCUT2D eigenvalue weighted by molar-refractivity contribution is 6.39. The van der Waals surface area contributed by atoms with Crippen LogP contribution >= 0.6 is 23.2 Å². The standard InChI is InChI=1S/C17H24Cl2N2O2/c1-4-10-20(11-5-2)16(23)9-12-21(13(3)22)17-14(18)7-6-8-15(17)19/h6-8H,4-5,9-12H2,1-3H3. The maximum absolute atomic E-state index is 12.4. The number of amides is 2. The molecule has 2 amide bonds. The van der Waals surface area contributed by atoms with Gasteiger partial charge in [-0.1, -0.05) is 43.1 Å². The Labute approximate surface area is 148 Å². The Morgan fingerprint density at radius 3 is 1.96 bits per heavy atom. The van der Waals surface area contributed by atoms with Gasteiger partial charge >= 0.3 is 0 Å². The van der Waals surface area contributed by atoms with Gasteiger partial charge in [0.2, 0.25) is 11.8 Å². The van der Waals surface area contributed by atoms with E-state index in [9.17, 15) is 9.59 Å². The van der Waals surface area contributed by atoms with Gasteiger partial charge in [0.25, 0.3) is 0 Å². The zero-order valence-electron chi connectivity index (χ0n) is 13.9. The minimum Gasteiger partial charge on any atom is -0.343 e. The summed E-state index contributed by atoms with van der Waals surface area (Å²) in [7, 11) is 0. The van der Waals surface area contributed by atoms with Gasteiger partial charge in [-0.3, -0.25) is 9.59 Å². The van der Waals surface area contributed by atoms with Crippen LogP contribution in [-0.2, 0) is 9.59 Å². The predicted octanol–water partition coefficient (Wildman–Crippen LogP) is 4.39. The number of benzene rings is 1. The molecule has 0 aliphatic carbocycles. The van der Waals surface area contributed by atoms with Crippen LogP contribution in [-0.4, -0.2) is 36.3 Å². The fourth-order valence-electron chi connectivity index (χ4n) is 2.44. The van der Waals surface area contributed by atoms with Crippen LogP contribution in [0.1, 0.15) is 40.0 Å². The lowest BCUT2D eigenvalue weighted by atomic mass is 10.2. The zero-order chi connectivity index (χ0) is 17.4. The van der Waals surface area contributed by atoms with Gasteiger partial charge in [-0.05, 0) is 25.0 Å². The van der Waals surface area contributed by atoms with Crippen LogP contribution in [0.4, 0.5) is 5.69 Å². The molecule has 0 radical (unpaired) electrons. The van der Waals surface area contributed by atoms with Crippen molar-refractivity contribution in [1.82, 2.24) is 4.90 Å². The molecule has 0 spiro atoms. The maximum atomic E-state index is 12.4. The summed E-state index contributed by atoms with van der Waals surface area (Å²) in [5.74, 6) is -0.145. The maximum Gasteiger partial charge on any atom is 0.224 e. The second-order valence-corrected chi connectivity index (χ2v) is 6.19. The summed E-state index contributed by atoms with van der Waals surface area (Å²) in [6.07, 6.45) is 2.08. The van der Waals surface area contributed by atoms with E-state index in [-0.39, 0.29) is 24.8 Å². The van der Waals surface area contributed by atoms with Crippen molar-refractivity contribution in [3.63, 3.8) is 0 Å². The number of nitrogens with zero attached hydrogens (tertiary/aromatic N) is 2. The van der Waals surface area contributed by atoms with Gasteiger partial charge in [-0.25, -0.2) is 0 Å². The highest BCUT2D eigenvalue weighted by atomic mass is 35.5. The van der Waals surface area contributed by atoms with Gasteiger partial charge in [0.05, 0.1) is 15.7 Å². The molecule has 6 heteroatoms. The Morgan fingerprint density at radius 1 is 1.00 bits per heavy atom. The van der Waals surface area contributed by atoms with Crippen molar-refractivity contribution in [2.75, 3.05) is 24.5 Å². The first kappa shape index (κ1) is 19.8. The van der Waals surface area contributed by atoms with E-state index in [4.69, 9.17) is 23.2 Å². The van der Waals surface area contributed by atoms with E-state index in [2.05, 4.69) is 0 Å². The molecule has 1 aromatic rings. The van der Waals surface area contributed by atoms with E-state index in [1.54, 1.807) is 18.2 Å². The molecule has 23 heavy (non-hydrogen) atoms. The van der Waals surface area contributed by atoms with Crippen molar-refractivity contribution in [3.05, 3.63) is 28.2 Å². The third-order valence-corrected chi connectivity index (χ3v) is 4.09. The molecule has 0 unspecified atom stereocenters. The third kappa shape index (κ3) is 5.70. The number of halogens is 2. The lowest BCUT2D eigenvalue weighted by Gasteiger charge is -2.26. The Hall–Kier alpha value is -1.26. The number of hydrogen-bond acceptors (Lipinski definition) is 2. The topological polar surface area (TPSA) is 40.6 Å². The number of carbonyl (C=O) groups excluding carboxylic acids is 2. The highest BCUT2D eigenvalue weighted by Crippen LogP contribution is 2.33.